The van der Waals surface area contributed by atoms with Crippen LogP contribution in [0.3, 0.4) is 0 Å². The van der Waals surface area contributed by atoms with E-state index < -0.39 is 0 Å². The van der Waals surface area contributed by atoms with Gasteiger partial charge in [-0.3, -0.25) is 0 Å². The number of fused-ring (bicyclic) bond motifs is 2. The van der Waals surface area contributed by atoms with E-state index in [0.29, 0.717) is 17.2 Å². The van der Waals surface area contributed by atoms with Crippen molar-refractivity contribution in [2.24, 2.45) is 0 Å². The number of rotatable bonds is 8. The van der Waals surface area contributed by atoms with Crippen molar-refractivity contribution in [2.45, 2.75) is 19.3 Å². The van der Waals surface area contributed by atoms with Gasteiger partial charge in [0.25, 0.3) is 0 Å². The van der Waals surface area contributed by atoms with Gasteiger partial charge < -0.3 is 4.74 Å². The highest BCUT2D eigenvalue weighted by atomic mass is 31.1. The van der Waals surface area contributed by atoms with Crippen LogP contribution in [0.2, 0.25) is 0 Å². The van der Waals surface area contributed by atoms with Gasteiger partial charge >= 0.3 is 0 Å². The molecule has 54 heavy (non-hydrogen) atoms. The molecule has 0 radical (unpaired) electrons. The third-order valence-corrected chi connectivity index (χ3v) is 13.2. The third kappa shape index (κ3) is 6.39. The monoisotopic (exact) mass is 730 g/mol. The zero-order valence-corrected chi connectivity index (χ0v) is 32.4. The van der Waals surface area contributed by atoms with E-state index in [9.17, 15) is 0 Å². The van der Waals surface area contributed by atoms with Crippen LogP contribution in [0.25, 0.3) is 44.5 Å². The molecule has 0 fully saturated rings. The Kier molecular flexibility index (Phi) is 9.30. The van der Waals surface area contributed by atoms with Crippen molar-refractivity contribution >= 4 is 38.4 Å². The Morgan fingerprint density at radius 3 is 1.06 bits per heavy atom. The van der Waals surface area contributed by atoms with E-state index >= 15 is 0 Å². The van der Waals surface area contributed by atoms with E-state index in [0.717, 1.165) is 11.5 Å². The summed E-state index contributed by atoms with van der Waals surface area (Å²) in [5.74, 6) is 1.99. The quantitative estimate of drug-likeness (QED) is 0.141. The Morgan fingerprint density at radius 2 is 0.667 bits per heavy atom. The zero-order chi connectivity index (χ0) is 36.5. The first-order chi connectivity index (χ1) is 26.6. The van der Waals surface area contributed by atoms with E-state index in [4.69, 9.17) is 4.74 Å². The topological polar surface area (TPSA) is 9.23 Å². The Balaban J connectivity index is 1.15. The van der Waals surface area contributed by atoms with Crippen LogP contribution in [0.4, 0.5) is 0 Å². The van der Waals surface area contributed by atoms with E-state index in [1.165, 1.54) is 76.9 Å². The molecular formula is C51H40OP2. The molecule has 3 heteroatoms. The molecule has 0 aromatic heterocycles. The SMILES string of the molecule is CC1(C)c2cccc(Pc3cccc(-c4ccccc4)c3-c3ccccc3)c2Oc2c(Pc3cccc(-c4ccccc4)c3-c3ccccc3)cccc21. The van der Waals surface area contributed by atoms with Crippen LogP contribution in [0.15, 0.2) is 194 Å². The second-order valence-corrected chi connectivity index (χ2v) is 16.9. The van der Waals surface area contributed by atoms with Gasteiger partial charge in [0.1, 0.15) is 11.5 Å². The highest BCUT2D eigenvalue weighted by molar-refractivity contribution is 7.56. The molecule has 1 nitrogen and oxygen atoms in total. The Hall–Kier alpha value is -5.58. The van der Waals surface area contributed by atoms with Gasteiger partial charge in [-0.15, -0.1) is 0 Å². The zero-order valence-electron chi connectivity index (χ0n) is 30.4. The number of hydrogen-bond acceptors (Lipinski definition) is 1. The van der Waals surface area contributed by atoms with Crippen LogP contribution in [0.1, 0.15) is 25.0 Å². The predicted octanol–water partition coefficient (Wildman–Crippen LogP) is 12.0. The molecule has 0 N–H and O–H groups in total. The maximum atomic E-state index is 7.25. The Morgan fingerprint density at radius 1 is 0.333 bits per heavy atom. The molecule has 260 valence electrons. The highest BCUT2D eigenvalue weighted by Gasteiger charge is 2.37. The number of para-hydroxylation sites is 2. The van der Waals surface area contributed by atoms with Crippen molar-refractivity contribution in [2.75, 3.05) is 0 Å². The van der Waals surface area contributed by atoms with E-state index in [2.05, 4.69) is 208 Å². The Bertz CT molecular complexity index is 2400. The first-order valence-electron chi connectivity index (χ1n) is 18.5. The summed E-state index contributed by atoms with van der Waals surface area (Å²) in [6.45, 7) is 4.70. The summed E-state index contributed by atoms with van der Waals surface area (Å²) < 4.78 is 7.25. The van der Waals surface area contributed by atoms with Gasteiger partial charge in [0, 0.05) is 27.2 Å². The van der Waals surface area contributed by atoms with Crippen molar-refractivity contribution < 1.29 is 4.74 Å². The Labute approximate surface area is 322 Å². The lowest BCUT2D eigenvalue weighted by Gasteiger charge is -2.36. The molecular weight excluding hydrogens is 691 g/mol. The second kappa shape index (κ2) is 14.7. The molecule has 0 spiro atoms. The minimum Gasteiger partial charge on any atom is -0.455 e. The fraction of sp³-hybridized carbons (Fsp3) is 0.0588. The molecule has 1 aliphatic heterocycles. The van der Waals surface area contributed by atoms with Crippen molar-refractivity contribution in [3.63, 3.8) is 0 Å². The summed E-state index contributed by atoms with van der Waals surface area (Å²) in [7, 11) is 0.807. The number of hydrogen-bond donors (Lipinski definition) is 0. The summed E-state index contributed by atoms with van der Waals surface area (Å²) in [5, 5.41) is 5.07. The minimum absolute atomic E-state index is 0.244. The normalized spacial score (nSPS) is 13.1. The predicted molar refractivity (Wildman–Crippen MR) is 235 cm³/mol. The maximum absolute atomic E-state index is 7.25. The highest BCUT2D eigenvalue weighted by Crippen LogP contribution is 2.49. The van der Waals surface area contributed by atoms with Crippen molar-refractivity contribution in [1.29, 1.82) is 0 Å². The first-order valence-corrected chi connectivity index (χ1v) is 20.5. The average molecular weight is 731 g/mol. The van der Waals surface area contributed by atoms with Crippen LogP contribution in [-0.2, 0) is 5.41 Å². The van der Waals surface area contributed by atoms with Gasteiger partial charge in [0.2, 0.25) is 0 Å². The molecule has 0 saturated carbocycles. The lowest BCUT2D eigenvalue weighted by Crippen LogP contribution is -2.29. The molecule has 2 unspecified atom stereocenters. The van der Waals surface area contributed by atoms with Gasteiger partial charge in [-0.25, -0.2) is 0 Å². The van der Waals surface area contributed by atoms with Crippen LogP contribution < -0.4 is 26.0 Å². The van der Waals surface area contributed by atoms with E-state index in [1.54, 1.807) is 0 Å². The summed E-state index contributed by atoms with van der Waals surface area (Å²) >= 11 is 0. The minimum atomic E-state index is -0.244. The largest absolute Gasteiger partial charge is 0.455 e. The second-order valence-electron chi connectivity index (χ2n) is 14.3. The van der Waals surface area contributed by atoms with Crippen LogP contribution in [-0.4, -0.2) is 0 Å². The molecule has 9 rings (SSSR count). The fourth-order valence-electron chi connectivity index (χ4n) is 7.87. The summed E-state index contributed by atoms with van der Waals surface area (Å²) in [6.07, 6.45) is 0. The molecule has 1 heterocycles. The maximum Gasteiger partial charge on any atom is 0.139 e. The summed E-state index contributed by atoms with van der Waals surface area (Å²) in [4.78, 5) is 0. The van der Waals surface area contributed by atoms with Crippen molar-refractivity contribution in [3.05, 3.63) is 205 Å². The molecule has 1 aliphatic rings. The van der Waals surface area contributed by atoms with Gasteiger partial charge in [-0.05, 0) is 55.1 Å². The van der Waals surface area contributed by atoms with Gasteiger partial charge in [0.05, 0.1) is 0 Å². The summed E-state index contributed by atoms with van der Waals surface area (Å²) in [5.41, 5.74) is 12.2. The molecule has 8 aromatic rings. The third-order valence-electron chi connectivity index (χ3n) is 10.5. The van der Waals surface area contributed by atoms with Crippen LogP contribution in [0.5, 0.6) is 11.5 Å². The molecule has 0 bridgehead atoms. The van der Waals surface area contributed by atoms with E-state index in [1.807, 2.05) is 0 Å². The van der Waals surface area contributed by atoms with Crippen molar-refractivity contribution in [1.82, 2.24) is 0 Å². The molecule has 0 aliphatic carbocycles. The molecule has 8 aromatic carbocycles. The number of benzene rings is 8. The standard InChI is InChI=1S/C51H40OP2/c1-51(2)41-29-17-33-45(53-43-31-15-27-39(35-19-7-3-8-20-35)47(43)37-23-11-5-12-24-37)49(41)52-50-42(51)30-18-34-46(50)54-44-32-16-28-40(36-21-9-4-10-22-36)48(44)38-25-13-6-14-26-38/h3-34,53-54H,1-2H3. The van der Waals surface area contributed by atoms with Crippen LogP contribution >= 0.6 is 17.2 Å². The smallest absolute Gasteiger partial charge is 0.139 e. The van der Waals surface area contributed by atoms with Crippen molar-refractivity contribution in [3.8, 4) is 56.0 Å². The summed E-state index contributed by atoms with van der Waals surface area (Å²) in [6, 6.07) is 70.2. The molecule has 2 atom stereocenters. The molecule has 0 amide bonds. The molecule has 0 saturated heterocycles. The van der Waals surface area contributed by atoms with Gasteiger partial charge in [0.15, 0.2) is 0 Å². The fourth-order valence-corrected chi connectivity index (χ4v) is 10.6. The van der Waals surface area contributed by atoms with Gasteiger partial charge in [-0.2, -0.15) is 0 Å². The number of ether oxygens (including phenoxy) is 1. The lowest BCUT2D eigenvalue weighted by atomic mass is 9.76. The van der Waals surface area contributed by atoms with E-state index in [-0.39, 0.29) is 5.41 Å². The van der Waals surface area contributed by atoms with Gasteiger partial charge in [-0.1, -0.05) is 225 Å². The lowest BCUT2D eigenvalue weighted by molar-refractivity contribution is 0.425. The average Bonchev–Trinajstić information content (AvgIpc) is 3.22. The van der Waals surface area contributed by atoms with Crippen LogP contribution in [0, 0.1) is 0 Å². The first kappa shape index (κ1) is 34.2.